The third-order valence-electron chi connectivity index (χ3n) is 2.20. The number of nitrogens with one attached hydrogen (secondary N) is 1. The van der Waals surface area contributed by atoms with Crippen molar-refractivity contribution in [3.63, 3.8) is 0 Å². The van der Waals surface area contributed by atoms with Crippen molar-refractivity contribution in [2.45, 2.75) is 13.8 Å². The van der Waals surface area contributed by atoms with Crippen LogP contribution in [0.4, 0.5) is 9.52 Å². The maximum Gasteiger partial charge on any atom is 0.203 e. The summed E-state index contributed by atoms with van der Waals surface area (Å²) in [6.07, 6.45) is 1.46. The highest BCUT2D eigenvalue weighted by Gasteiger charge is 2.01. The summed E-state index contributed by atoms with van der Waals surface area (Å²) in [7, 11) is 0. The van der Waals surface area contributed by atoms with Crippen molar-refractivity contribution >= 4 is 22.7 Å². The number of halogens is 1. The SMILES string of the molecule is Cc1csc(NN=Cc2cccc(C)c2F)n1. The highest BCUT2D eigenvalue weighted by atomic mass is 32.1. The minimum Gasteiger partial charge on any atom is -0.253 e. The Bertz CT molecular complexity index is 548. The van der Waals surface area contributed by atoms with Gasteiger partial charge in [0.25, 0.3) is 0 Å². The summed E-state index contributed by atoms with van der Waals surface area (Å²) in [6, 6.07) is 5.21. The van der Waals surface area contributed by atoms with Gasteiger partial charge in [0.05, 0.1) is 11.9 Å². The molecule has 1 aromatic heterocycles. The molecule has 3 nitrogen and oxygen atoms in total. The van der Waals surface area contributed by atoms with E-state index in [1.807, 2.05) is 12.3 Å². The lowest BCUT2D eigenvalue weighted by Gasteiger charge is -1.99. The molecule has 1 heterocycles. The lowest BCUT2D eigenvalue weighted by atomic mass is 10.1. The molecule has 0 saturated carbocycles. The molecule has 1 N–H and O–H groups in total. The number of benzene rings is 1. The Kier molecular flexibility index (Phi) is 3.49. The van der Waals surface area contributed by atoms with Crippen LogP contribution in [-0.2, 0) is 0 Å². The van der Waals surface area contributed by atoms with Crippen LogP contribution in [0.25, 0.3) is 0 Å². The Morgan fingerprint density at radius 1 is 1.41 bits per heavy atom. The normalized spacial score (nSPS) is 11.0. The predicted octanol–water partition coefficient (Wildman–Crippen LogP) is 3.35. The fourth-order valence-corrected chi connectivity index (χ4v) is 1.97. The summed E-state index contributed by atoms with van der Waals surface area (Å²) in [5, 5.41) is 6.58. The molecule has 0 bridgehead atoms. The maximum absolute atomic E-state index is 13.6. The largest absolute Gasteiger partial charge is 0.253 e. The topological polar surface area (TPSA) is 37.3 Å². The first-order valence-electron chi connectivity index (χ1n) is 5.13. The van der Waals surface area contributed by atoms with Gasteiger partial charge in [0.15, 0.2) is 0 Å². The van der Waals surface area contributed by atoms with Crippen LogP contribution in [0.5, 0.6) is 0 Å². The Hall–Kier alpha value is -1.75. The lowest BCUT2D eigenvalue weighted by molar-refractivity contribution is 0.616. The van der Waals surface area contributed by atoms with E-state index in [9.17, 15) is 4.39 Å². The molecule has 0 aliphatic heterocycles. The van der Waals surface area contributed by atoms with Crippen molar-refractivity contribution in [3.8, 4) is 0 Å². The lowest BCUT2D eigenvalue weighted by Crippen LogP contribution is -1.94. The average molecular weight is 249 g/mol. The van der Waals surface area contributed by atoms with Crippen LogP contribution in [0.1, 0.15) is 16.8 Å². The van der Waals surface area contributed by atoms with E-state index in [4.69, 9.17) is 0 Å². The van der Waals surface area contributed by atoms with Gasteiger partial charge in [0.1, 0.15) is 5.82 Å². The first-order valence-corrected chi connectivity index (χ1v) is 6.01. The molecule has 0 unspecified atom stereocenters. The molecule has 0 amide bonds. The van der Waals surface area contributed by atoms with E-state index in [1.54, 1.807) is 25.1 Å². The van der Waals surface area contributed by atoms with Gasteiger partial charge in [-0.2, -0.15) is 5.10 Å². The van der Waals surface area contributed by atoms with Crippen molar-refractivity contribution in [1.82, 2.24) is 4.98 Å². The van der Waals surface area contributed by atoms with E-state index in [1.165, 1.54) is 17.6 Å². The second kappa shape index (κ2) is 5.05. The summed E-state index contributed by atoms with van der Waals surface area (Å²) in [5.74, 6) is -0.242. The predicted molar refractivity (Wildman–Crippen MR) is 69.2 cm³/mol. The molecule has 0 aliphatic rings. The smallest absolute Gasteiger partial charge is 0.203 e. The van der Waals surface area contributed by atoms with Crippen LogP contribution in [0.2, 0.25) is 0 Å². The molecule has 0 aliphatic carbocycles. The molecular formula is C12H12FN3S. The van der Waals surface area contributed by atoms with E-state index < -0.39 is 0 Å². The molecule has 5 heteroatoms. The van der Waals surface area contributed by atoms with E-state index in [2.05, 4.69) is 15.5 Å². The minimum absolute atomic E-state index is 0.242. The van der Waals surface area contributed by atoms with Crippen molar-refractivity contribution in [2.24, 2.45) is 5.10 Å². The van der Waals surface area contributed by atoms with Crippen LogP contribution < -0.4 is 5.43 Å². The second-order valence-electron chi connectivity index (χ2n) is 3.64. The van der Waals surface area contributed by atoms with Crippen LogP contribution in [-0.4, -0.2) is 11.2 Å². The van der Waals surface area contributed by atoms with Gasteiger partial charge in [-0.25, -0.2) is 9.37 Å². The van der Waals surface area contributed by atoms with Crippen LogP contribution in [0.15, 0.2) is 28.7 Å². The highest BCUT2D eigenvalue weighted by Crippen LogP contribution is 2.14. The van der Waals surface area contributed by atoms with Crippen molar-refractivity contribution in [1.29, 1.82) is 0 Å². The zero-order valence-corrected chi connectivity index (χ0v) is 10.4. The van der Waals surface area contributed by atoms with Gasteiger partial charge in [-0.3, -0.25) is 5.43 Å². The molecule has 2 rings (SSSR count). The molecule has 0 radical (unpaired) electrons. The van der Waals surface area contributed by atoms with Crippen molar-refractivity contribution in [2.75, 3.05) is 5.43 Å². The van der Waals surface area contributed by atoms with Gasteiger partial charge in [-0.15, -0.1) is 11.3 Å². The Morgan fingerprint density at radius 2 is 2.24 bits per heavy atom. The number of hydrogen-bond donors (Lipinski definition) is 1. The maximum atomic E-state index is 13.6. The fourth-order valence-electron chi connectivity index (χ4n) is 1.33. The summed E-state index contributed by atoms with van der Waals surface area (Å²) in [4.78, 5) is 4.18. The molecule has 2 aromatic rings. The van der Waals surface area contributed by atoms with Crippen molar-refractivity contribution < 1.29 is 4.39 Å². The summed E-state index contributed by atoms with van der Waals surface area (Å²) < 4.78 is 13.6. The zero-order valence-electron chi connectivity index (χ0n) is 9.57. The van der Waals surface area contributed by atoms with Crippen LogP contribution in [0, 0.1) is 19.7 Å². The minimum atomic E-state index is -0.242. The van der Waals surface area contributed by atoms with E-state index in [0.717, 1.165) is 5.69 Å². The van der Waals surface area contributed by atoms with Crippen LogP contribution >= 0.6 is 11.3 Å². The van der Waals surface area contributed by atoms with Crippen molar-refractivity contribution in [3.05, 3.63) is 46.2 Å². The Balaban J connectivity index is 2.08. The second-order valence-corrected chi connectivity index (χ2v) is 4.50. The van der Waals surface area contributed by atoms with Crippen LogP contribution in [0.3, 0.4) is 0 Å². The summed E-state index contributed by atoms with van der Waals surface area (Å²) >= 11 is 1.46. The quantitative estimate of drug-likeness (QED) is 0.669. The van der Waals surface area contributed by atoms with Gasteiger partial charge in [0.2, 0.25) is 5.13 Å². The first kappa shape index (κ1) is 11.7. The summed E-state index contributed by atoms with van der Waals surface area (Å²) in [5.41, 5.74) is 4.78. The molecular weight excluding hydrogens is 237 g/mol. The fraction of sp³-hybridized carbons (Fsp3) is 0.167. The summed E-state index contributed by atoms with van der Waals surface area (Å²) in [6.45, 7) is 3.63. The Labute approximate surface area is 103 Å². The van der Waals surface area contributed by atoms with Gasteiger partial charge in [-0.05, 0) is 19.4 Å². The number of rotatable bonds is 3. The standard InChI is InChI=1S/C12H12FN3S/c1-8-4-3-5-10(11(8)13)6-14-16-12-15-9(2)7-17-12/h3-7H,1-2H3,(H,15,16). The van der Waals surface area contributed by atoms with Gasteiger partial charge in [0, 0.05) is 10.9 Å². The number of hydrogen-bond acceptors (Lipinski definition) is 4. The zero-order chi connectivity index (χ0) is 12.3. The third kappa shape index (κ3) is 2.88. The highest BCUT2D eigenvalue weighted by molar-refractivity contribution is 7.13. The molecule has 0 fully saturated rings. The monoisotopic (exact) mass is 249 g/mol. The number of aromatic nitrogens is 1. The first-order chi connectivity index (χ1) is 8.16. The molecule has 17 heavy (non-hydrogen) atoms. The Morgan fingerprint density at radius 3 is 2.94 bits per heavy atom. The number of nitrogens with zero attached hydrogens (tertiary/aromatic N) is 2. The molecule has 0 spiro atoms. The van der Waals surface area contributed by atoms with E-state index in [-0.39, 0.29) is 5.82 Å². The van der Waals surface area contributed by atoms with Gasteiger partial charge in [-0.1, -0.05) is 18.2 Å². The van der Waals surface area contributed by atoms with Gasteiger partial charge < -0.3 is 0 Å². The number of hydrazone groups is 1. The molecule has 88 valence electrons. The number of aryl methyl sites for hydroxylation is 2. The molecule has 0 atom stereocenters. The number of thiazole rings is 1. The number of anilines is 1. The average Bonchev–Trinajstić information content (AvgIpc) is 2.70. The third-order valence-corrected chi connectivity index (χ3v) is 3.07. The van der Waals surface area contributed by atoms with Gasteiger partial charge >= 0.3 is 0 Å². The molecule has 0 saturated heterocycles. The molecule has 1 aromatic carbocycles. The van der Waals surface area contributed by atoms with E-state index >= 15 is 0 Å². The van der Waals surface area contributed by atoms with E-state index in [0.29, 0.717) is 16.3 Å².